The van der Waals surface area contributed by atoms with Crippen LogP contribution in [0, 0.1) is 0 Å². The minimum absolute atomic E-state index is 0.0348. The standard InChI is InChI=1S/C9H13NO6S2/c1-2-3-6(18(14,15)17)9(13)16-10-7(11)4-5-8(10)12/h6H,2-5H2,1H3,(H,14,15,17). The van der Waals surface area contributed by atoms with E-state index in [0.717, 1.165) is 0 Å². The Morgan fingerprint density at radius 2 is 2.00 bits per heavy atom. The zero-order valence-corrected chi connectivity index (χ0v) is 11.3. The van der Waals surface area contributed by atoms with Gasteiger partial charge >= 0.3 is 5.97 Å². The second-order valence-corrected chi connectivity index (χ2v) is 6.82. The van der Waals surface area contributed by atoms with Gasteiger partial charge in [0.1, 0.15) is 0 Å². The molecule has 9 heteroatoms. The van der Waals surface area contributed by atoms with Gasteiger partial charge in [-0.15, -0.1) is 5.06 Å². The summed E-state index contributed by atoms with van der Waals surface area (Å²) in [4.78, 5) is 38.7. The first-order valence-corrected chi connectivity index (χ1v) is 7.81. The van der Waals surface area contributed by atoms with Crippen LogP contribution in [-0.4, -0.2) is 36.9 Å². The van der Waals surface area contributed by atoms with Gasteiger partial charge in [-0.2, -0.15) is 0 Å². The first kappa shape index (κ1) is 15.0. The lowest BCUT2D eigenvalue weighted by atomic mass is 10.2. The highest BCUT2D eigenvalue weighted by molar-refractivity contribution is 8.30. The normalized spacial score (nSPS) is 20.7. The van der Waals surface area contributed by atoms with E-state index < -0.39 is 31.8 Å². The van der Waals surface area contributed by atoms with Gasteiger partial charge in [-0.05, 0) is 6.42 Å². The minimum Gasteiger partial charge on any atom is -0.329 e. The number of amides is 2. The molecule has 18 heavy (non-hydrogen) atoms. The summed E-state index contributed by atoms with van der Waals surface area (Å²) < 4.78 is 20.6. The van der Waals surface area contributed by atoms with Crippen molar-refractivity contribution in [1.29, 1.82) is 0 Å². The summed E-state index contributed by atoms with van der Waals surface area (Å²) in [7, 11) is -3.79. The van der Waals surface area contributed by atoms with E-state index >= 15 is 0 Å². The predicted octanol–water partition coefficient (Wildman–Crippen LogP) is -0.0184. The average molecular weight is 295 g/mol. The maximum Gasteiger partial charge on any atom is 0.351 e. The molecule has 2 amide bonds. The summed E-state index contributed by atoms with van der Waals surface area (Å²) in [6.45, 7) is 1.70. The van der Waals surface area contributed by atoms with Crippen molar-refractivity contribution in [1.82, 2.24) is 5.06 Å². The summed E-state index contributed by atoms with van der Waals surface area (Å²) in [5.74, 6) is -2.40. The molecular formula is C9H13NO6S2. The number of imide groups is 1. The van der Waals surface area contributed by atoms with Crippen molar-refractivity contribution in [3.63, 3.8) is 0 Å². The Kier molecular flexibility index (Phi) is 4.77. The summed E-state index contributed by atoms with van der Waals surface area (Å²) in [5, 5.41) is -1.08. The fraction of sp³-hybridized carbons (Fsp3) is 0.667. The van der Waals surface area contributed by atoms with E-state index in [1.54, 1.807) is 6.92 Å². The van der Waals surface area contributed by atoms with Gasteiger partial charge in [0.2, 0.25) is 0 Å². The summed E-state index contributed by atoms with van der Waals surface area (Å²) in [5.41, 5.74) is 0. The van der Waals surface area contributed by atoms with Crippen LogP contribution >= 0.6 is 0 Å². The number of hydrogen-bond acceptors (Lipinski definition) is 6. The van der Waals surface area contributed by atoms with Crippen molar-refractivity contribution in [2.75, 3.05) is 0 Å². The Morgan fingerprint density at radius 1 is 1.50 bits per heavy atom. The molecule has 0 aromatic carbocycles. The monoisotopic (exact) mass is 295 g/mol. The first-order valence-electron chi connectivity index (χ1n) is 5.31. The lowest BCUT2D eigenvalue weighted by Gasteiger charge is -2.17. The van der Waals surface area contributed by atoms with E-state index in [0.29, 0.717) is 11.5 Å². The summed E-state index contributed by atoms with van der Waals surface area (Å²) in [6, 6.07) is 0. The molecule has 1 aliphatic rings. The van der Waals surface area contributed by atoms with Crippen LogP contribution in [0.5, 0.6) is 0 Å². The van der Waals surface area contributed by atoms with Crippen molar-refractivity contribution in [3.05, 3.63) is 0 Å². The molecule has 7 nitrogen and oxygen atoms in total. The van der Waals surface area contributed by atoms with Gasteiger partial charge in [-0.3, -0.25) is 9.59 Å². The fourth-order valence-corrected chi connectivity index (χ4v) is 2.80. The Labute approximate surface area is 109 Å². The highest BCUT2D eigenvalue weighted by Crippen LogP contribution is 2.16. The molecule has 0 aromatic heterocycles. The van der Waals surface area contributed by atoms with Crippen molar-refractivity contribution >= 4 is 37.7 Å². The van der Waals surface area contributed by atoms with E-state index in [-0.39, 0.29) is 19.3 Å². The summed E-state index contributed by atoms with van der Waals surface area (Å²) >= 11 is 4.34. The molecule has 2 atom stereocenters. The van der Waals surface area contributed by atoms with Gasteiger partial charge in [-0.25, -0.2) is 9.00 Å². The van der Waals surface area contributed by atoms with Crippen LogP contribution in [0.4, 0.5) is 0 Å². The van der Waals surface area contributed by atoms with Crippen LogP contribution in [0.25, 0.3) is 0 Å². The smallest absolute Gasteiger partial charge is 0.329 e. The molecule has 1 saturated heterocycles. The van der Waals surface area contributed by atoms with Gasteiger partial charge in [-0.1, -0.05) is 13.3 Å². The van der Waals surface area contributed by atoms with Gasteiger partial charge in [0.25, 0.3) is 11.8 Å². The number of nitrogens with zero attached hydrogens (tertiary/aromatic N) is 1. The molecule has 0 spiro atoms. The van der Waals surface area contributed by atoms with E-state index in [1.807, 2.05) is 0 Å². The molecule has 0 aromatic rings. The number of carbonyl (C=O) groups is 3. The Hall–Kier alpha value is -1.06. The Bertz CT molecular complexity index is 455. The quantitative estimate of drug-likeness (QED) is 0.711. The first-order chi connectivity index (χ1) is 8.27. The maximum atomic E-state index is 11.7. The van der Waals surface area contributed by atoms with Gasteiger partial charge in [0.15, 0.2) is 14.0 Å². The number of rotatable bonds is 5. The molecule has 0 saturated carbocycles. The number of hydroxylamine groups is 2. The van der Waals surface area contributed by atoms with Gasteiger partial charge < -0.3 is 9.39 Å². The molecule has 2 unspecified atom stereocenters. The second kappa shape index (κ2) is 5.72. The molecule has 0 radical (unpaired) electrons. The molecule has 1 heterocycles. The molecule has 102 valence electrons. The molecule has 1 aliphatic heterocycles. The third-order valence-electron chi connectivity index (χ3n) is 2.36. The highest BCUT2D eigenvalue weighted by Gasteiger charge is 2.37. The molecule has 0 aliphatic carbocycles. The lowest BCUT2D eigenvalue weighted by Crippen LogP contribution is -2.39. The Morgan fingerprint density at radius 3 is 2.39 bits per heavy atom. The van der Waals surface area contributed by atoms with E-state index in [4.69, 9.17) is 0 Å². The van der Waals surface area contributed by atoms with Gasteiger partial charge in [0, 0.05) is 24.0 Å². The van der Waals surface area contributed by atoms with Crippen LogP contribution in [0.1, 0.15) is 32.6 Å². The second-order valence-electron chi connectivity index (χ2n) is 3.78. The maximum absolute atomic E-state index is 11.7. The molecule has 1 N–H and O–H groups in total. The number of carbonyl (C=O) groups excluding carboxylic acids is 3. The molecule has 1 rings (SSSR count). The largest absolute Gasteiger partial charge is 0.351 e. The molecule has 1 fully saturated rings. The van der Waals surface area contributed by atoms with Crippen molar-refractivity contribution < 1.29 is 28.0 Å². The predicted molar refractivity (Wildman–Crippen MR) is 64.0 cm³/mol. The fourth-order valence-electron chi connectivity index (χ4n) is 1.46. The lowest BCUT2D eigenvalue weighted by molar-refractivity contribution is -0.197. The Balaban J connectivity index is 2.79. The van der Waals surface area contributed by atoms with Gasteiger partial charge in [0.05, 0.1) is 0 Å². The van der Waals surface area contributed by atoms with Crippen molar-refractivity contribution in [2.45, 2.75) is 37.9 Å². The molecular weight excluding hydrogens is 282 g/mol. The van der Waals surface area contributed by atoms with E-state index in [1.165, 1.54) is 0 Å². The average Bonchev–Trinajstić information content (AvgIpc) is 2.55. The van der Waals surface area contributed by atoms with Crippen LogP contribution in [0.2, 0.25) is 0 Å². The zero-order valence-electron chi connectivity index (χ0n) is 9.66. The topological polar surface area (TPSA) is 101 Å². The van der Waals surface area contributed by atoms with E-state index in [9.17, 15) is 23.1 Å². The van der Waals surface area contributed by atoms with Crippen LogP contribution in [0.3, 0.4) is 0 Å². The van der Waals surface area contributed by atoms with Crippen LogP contribution < -0.4 is 0 Å². The highest BCUT2D eigenvalue weighted by atomic mass is 32.8. The van der Waals surface area contributed by atoms with Crippen molar-refractivity contribution in [2.24, 2.45) is 0 Å². The minimum atomic E-state index is -3.79. The van der Waals surface area contributed by atoms with E-state index in [2.05, 4.69) is 16.0 Å². The molecule has 0 bridgehead atoms. The van der Waals surface area contributed by atoms with Crippen LogP contribution in [-0.2, 0) is 39.2 Å². The van der Waals surface area contributed by atoms with Crippen LogP contribution in [0.15, 0.2) is 0 Å². The third kappa shape index (κ3) is 3.47. The zero-order chi connectivity index (χ0) is 13.9. The summed E-state index contributed by atoms with van der Waals surface area (Å²) in [6.07, 6.45) is 0.420. The SMILES string of the molecule is CCCC(C(=O)ON1C(=O)CCC1=O)S(=O)(O)=S. The van der Waals surface area contributed by atoms with Crippen molar-refractivity contribution in [3.8, 4) is 0 Å². The number of hydrogen-bond donors (Lipinski definition) is 1. The third-order valence-corrected chi connectivity index (χ3v) is 4.20.